The highest BCUT2D eigenvalue weighted by Gasteiger charge is 2.41. The number of fused-ring (bicyclic) bond motifs is 2. The summed E-state index contributed by atoms with van der Waals surface area (Å²) in [5, 5.41) is 6.94. The summed E-state index contributed by atoms with van der Waals surface area (Å²) in [6.07, 6.45) is 4.53. The van der Waals surface area contributed by atoms with E-state index in [1.165, 1.54) is 12.8 Å². The van der Waals surface area contributed by atoms with Crippen molar-refractivity contribution in [3.8, 4) is 0 Å². The number of nitrogens with one attached hydrogen (secondary N) is 2. The van der Waals surface area contributed by atoms with Crippen molar-refractivity contribution < 1.29 is 9.47 Å². The van der Waals surface area contributed by atoms with Gasteiger partial charge in [-0.1, -0.05) is 13.8 Å². The molecule has 25 heavy (non-hydrogen) atoms. The first-order valence-corrected chi connectivity index (χ1v) is 9.68. The van der Waals surface area contributed by atoms with E-state index in [1.807, 2.05) is 0 Å². The highest BCUT2D eigenvalue weighted by molar-refractivity contribution is 14.0. The van der Waals surface area contributed by atoms with Gasteiger partial charge < -0.3 is 20.1 Å². The lowest BCUT2D eigenvalue weighted by Crippen LogP contribution is -2.48. The Bertz CT molecular complexity index is 435. The Kier molecular flexibility index (Phi) is 8.71. The molecule has 0 saturated carbocycles. The SMILES string of the molecule is CCNC(=NCC1CN(CC(C)C)CCO1)NC1CC2CCC1O2.I. The summed E-state index contributed by atoms with van der Waals surface area (Å²) in [5.41, 5.74) is 0. The molecule has 2 N–H and O–H groups in total. The fourth-order valence-electron chi connectivity index (χ4n) is 4.05. The second kappa shape index (κ2) is 10.3. The van der Waals surface area contributed by atoms with Crippen LogP contribution in [0.3, 0.4) is 0 Å². The standard InChI is InChI=1S/C18H34N4O2.HI/c1-4-19-18(21-16-9-14-5-6-17(16)24-14)20-10-15-12-22(7-8-23-15)11-13(2)3;/h13-17H,4-12H2,1-3H3,(H2,19,20,21);1H. The van der Waals surface area contributed by atoms with Crippen molar-refractivity contribution in [2.24, 2.45) is 10.9 Å². The van der Waals surface area contributed by atoms with E-state index >= 15 is 0 Å². The number of aliphatic imine (C=N–C) groups is 1. The Labute approximate surface area is 169 Å². The zero-order valence-corrected chi connectivity index (χ0v) is 18.2. The van der Waals surface area contributed by atoms with Crippen LogP contribution in [0.15, 0.2) is 4.99 Å². The molecule has 0 amide bonds. The normalized spacial score (nSPS) is 32.7. The molecule has 3 aliphatic heterocycles. The van der Waals surface area contributed by atoms with Crippen molar-refractivity contribution in [1.82, 2.24) is 15.5 Å². The minimum absolute atomic E-state index is 0. The zero-order valence-electron chi connectivity index (χ0n) is 15.9. The number of morpholine rings is 1. The molecule has 4 atom stereocenters. The first-order valence-electron chi connectivity index (χ1n) is 9.68. The molecule has 0 aromatic rings. The fourth-order valence-corrected chi connectivity index (χ4v) is 4.05. The van der Waals surface area contributed by atoms with Crippen molar-refractivity contribution in [2.75, 3.05) is 39.3 Å². The molecule has 2 bridgehead atoms. The number of hydrogen-bond acceptors (Lipinski definition) is 4. The summed E-state index contributed by atoms with van der Waals surface area (Å²) >= 11 is 0. The van der Waals surface area contributed by atoms with Crippen LogP contribution in [-0.2, 0) is 9.47 Å². The van der Waals surface area contributed by atoms with Crippen LogP contribution < -0.4 is 10.6 Å². The van der Waals surface area contributed by atoms with Crippen molar-refractivity contribution in [2.45, 2.75) is 64.4 Å². The molecule has 146 valence electrons. The smallest absolute Gasteiger partial charge is 0.191 e. The van der Waals surface area contributed by atoms with Gasteiger partial charge in [0.15, 0.2) is 5.96 Å². The van der Waals surface area contributed by atoms with Gasteiger partial charge in [-0.15, -0.1) is 24.0 Å². The molecule has 0 radical (unpaired) electrons. The van der Waals surface area contributed by atoms with Crippen LogP contribution in [0.1, 0.15) is 40.0 Å². The number of guanidine groups is 1. The van der Waals surface area contributed by atoms with Crippen LogP contribution in [0.4, 0.5) is 0 Å². The molecule has 4 unspecified atom stereocenters. The highest BCUT2D eigenvalue weighted by atomic mass is 127. The number of hydrogen-bond donors (Lipinski definition) is 2. The van der Waals surface area contributed by atoms with Crippen LogP contribution in [-0.4, -0.2) is 74.5 Å². The predicted molar refractivity (Wildman–Crippen MR) is 112 cm³/mol. The van der Waals surface area contributed by atoms with E-state index in [1.54, 1.807) is 0 Å². The minimum Gasteiger partial charge on any atom is -0.374 e. The molecular weight excluding hydrogens is 431 g/mol. The molecule has 0 aromatic heterocycles. The Morgan fingerprint density at radius 1 is 1.32 bits per heavy atom. The van der Waals surface area contributed by atoms with Gasteiger partial charge in [-0.25, -0.2) is 0 Å². The Balaban J connectivity index is 0.00000225. The quantitative estimate of drug-likeness (QED) is 0.356. The third-order valence-corrected chi connectivity index (χ3v) is 5.07. The Morgan fingerprint density at radius 3 is 2.80 bits per heavy atom. The lowest BCUT2D eigenvalue weighted by molar-refractivity contribution is -0.0262. The van der Waals surface area contributed by atoms with Crippen LogP contribution >= 0.6 is 24.0 Å². The van der Waals surface area contributed by atoms with Gasteiger partial charge in [-0.3, -0.25) is 9.89 Å². The third kappa shape index (κ3) is 6.22. The second-order valence-electron chi connectivity index (χ2n) is 7.73. The Hall–Kier alpha value is -0.120. The molecule has 0 aromatic carbocycles. The van der Waals surface area contributed by atoms with Crippen molar-refractivity contribution in [1.29, 1.82) is 0 Å². The van der Waals surface area contributed by atoms with Gasteiger partial charge in [0.25, 0.3) is 0 Å². The monoisotopic (exact) mass is 466 g/mol. The molecule has 3 aliphatic rings. The second-order valence-corrected chi connectivity index (χ2v) is 7.73. The van der Waals surface area contributed by atoms with Crippen LogP contribution in [0, 0.1) is 5.92 Å². The van der Waals surface area contributed by atoms with Crippen LogP contribution in [0.5, 0.6) is 0 Å². The van der Waals surface area contributed by atoms with Gasteiger partial charge in [0.1, 0.15) is 0 Å². The topological polar surface area (TPSA) is 58.1 Å². The maximum absolute atomic E-state index is 5.93. The van der Waals surface area contributed by atoms with Crippen LogP contribution in [0.2, 0.25) is 0 Å². The van der Waals surface area contributed by atoms with Gasteiger partial charge in [0, 0.05) is 26.2 Å². The molecule has 3 rings (SSSR count). The van der Waals surface area contributed by atoms with E-state index in [-0.39, 0.29) is 30.1 Å². The van der Waals surface area contributed by atoms with Crippen molar-refractivity contribution in [3.05, 3.63) is 0 Å². The zero-order chi connectivity index (χ0) is 16.9. The highest BCUT2D eigenvalue weighted by Crippen LogP contribution is 2.34. The summed E-state index contributed by atoms with van der Waals surface area (Å²) in [4.78, 5) is 7.28. The predicted octanol–water partition coefficient (Wildman–Crippen LogP) is 1.84. The average Bonchev–Trinajstić information content (AvgIpc) is 3.15. The number of halogens is 1. The van der Waals surface area contributed by atoms with E-state index in [4.69, 9.17) is 14.5 Å². The first kappa shape index (κ1) is 21.2. The summed E-state index contributed by atoms with van der Waals surface area (Å²) in [7, 11) is 0. The first-order chi connectivity index (χ1) is 11.6. The Morgan fingerprint density at radius 2 is 2.16 bits per heavy atom. The lowest BCUT2D eigenvalue weighted by atomic mass is 9.96. The maximum atomic E-state index is 5.93. The molecule has 3 saturated heterocycles. The van der Waals surface area contributed by atoms with Gasteiger partial charge in [0.2, 0.25) is 0 Å². The summed E-state index contributed by atoms with van der Waals surface area (Å²) in [6.45, 7) is 12.2. The van der Waals surface area contributed by atoms with Gasteiger partial charge in [-0.2, -0.15) is 0 Å². The van der Waals surface area contributed by atoms with E-state index in [2.05, 4.69) is 36.3 Å². The fraction of sp³-hybridized carbons (Fsp3) is 0.944. The molecule has 7 heteroatoms. The van der Waals surface area contributed by atoms with Crippen molar-refractivity contribution >= 4 is 29.9 Å². The number of ether oxygens (including phenoxy) is 2. The average molecular weight is 466 g/mol. The van der Waals surface area contributed by atoms with Gasteiger partial charge in [-0.05, 0) is 32.1 Å². The number of rotatable bonds is 6. The molecule has 0 aliphatic carbocycles. The summed E-state index contributed by atoms with van der Waals surface area (Å²) in [6, 6.07) is 0.409. The van der Waals surface area contributed by atoms with E-state index in [9.17, 15) is 0 Å². The number of nitrogens with zero attached hydrogens (tertiary/aromatic N) is 2. The van der Waals surface area contributed by atoms with E-state index < -0.39 is 0 Å². The van der Waals surface area contributed by atoms with Crippen LogP contribution in [0.25, 0.3) is 0 Å². The van der Waals surface area contributed by atoms with E-state index in [0.717, 1.165) is 45.2 Å². The third-order valence-electron chi connectivity index (χ3n) is 5.07. The summed E-state index contributed by atoms with van der Waals surface area (Å²) < 4.78 is 11.8. The molecule has 3 fully saturated rings. The molecule has 3 heterocycles. The van der Waals surface area contributed by atoms with Gasteiger partial charge in [0.05, 0.1) is 37.5 Å². The molecular formula is C18H35IN4O2. The lowest BCUT2D eigenvalue weighted by Gasteiger charge is -2.33. The molecule has 0 spiro atoms. The van der Waals surface area contributed by atoms with E-state index in [0.29, 0.717) is 30.7 Å². The summed E-state index contributed by atoms with van der Waals surface area (Å²) in [5.74, 6) is 1.60. The van der Waals surface area contributed by atoms with Crippen molar-refractivity contribution in [3.63, 3.8) is 0 Å². The minimum atomic E-state index is 0. The maximum Gasteiger partial charge on any atom is 0.191 e. The molecule has 6 nitrogen and oxygen atoms in total. The van der Waals surface area contributed by atoms with Gasteiger partial charge >= 0.3 is 0 Å². The largest absolute Gasteiger partial charge is 0.374 e.